The van der Waals surface area contributed by atoms with Crippen LogP contribution in [0, 0.1) is 0 Å². The van der Waals surface area contributed by atoms with Crippen LogP contribution in [0.25, 0.3) is 0 Å². The molecular formula is C25H26N2O7. The van der Waals surface area contributed by atoms with E-state index in [2.05, 4.69) is 10.1 Å². The normalized spacial score (nSPS) is 16.3. The number of ether oxygens (including phenoxy) is 3. The summed E-state index contributed by atoms with van der Waals surface area (Å²) in [4.78, 5) is 49.9. The summed E-state index contributed by atoms with van der Waals surface area (Å²) in [6.45, 7) is 2.39. The number of anilines is 1. The largest absolute Gasteiger partial charge is 0.486 e. The quantitative estimate of drug-likeness (QED) is 0.675. The number of piperidine rings is 1. The van der Waals surface area contributed by atoms with Crippen LogP contribution >= 0.6 is 0 Å². The highest BCUT2D eigenvalue weighted by Gasteiger charge is 2.43. The summed E-state index contributed by atoms with van der Waals surface area (Å²) in [6, 6.07) is 11.2. The van der Waals surface area contributed by atoms with Crippen molar-refractivity contribution in [2.45, 2.75) is 31.8 Å². The number of amides is 2. The van der Waals surface area contributed by atoms with Gasteiger partial charge in [0.2, 0.25) is 5.91 Å². The molecule has 1 saturated heterocycles. The Balaban J connectivity index is 1.36. The Hall–Kier alpha value is -3.88. The van der Waals surface area contributed by atoms with Crippen LogP contribution in [0.15, 0.2) is 42.5 Å². The van der Waals surface area contributed by atoms with E-state index in [4.69, 9.17) is 9.47 Å². The first-order valence-electron chi connectivity index (χ1n) is 11.0. The number of hydrogen-bond acceptors (Lipinski definition) is 7. The molecule has 0 bridgehead atoms. The number of rotatable bonds is 5. The highest BCUT2D eigenvalue weighted by Crippen LogP contribution is 2.40. The lowest BCUT2D eigenvalue weighted by molar-refractivity contribution is -0.132. The first kappa shape index (κ1) is 23.3. The molecule has 1 N–H and O–H groups in total. The van der Waals surface area contributed by atoms with Crippen LogP contribution in [0.1, 0.15) is 46.9 Å². The van der Waals surface area contributed by atoms with Crippen LogP contribution in [0.2, 0.25) is 0 Å². The standard InChI is InChI=1S/C25H26N2O7/c1-16(28)27-11-9-25(10-12-27)14-21(29)20-8-7-19(13-22(20)34-25)33-15-23(30)26-18-5-3-17(4-6-18)24(31)32-2/h3-8,13H,9-12,14-15H2,1-2H3,(H,26,30). The number of hydrogen-bond donors (Lipinski definition) is 1. The fraction of sp³-hybridized carbons (Fsp3) is 0.360. The first-order chi connectivity index (χ1) is 16.3. The van der Waals surface area contributed by atoms with E-state index in [-0.39, 0.29) is 30.6 Å². The number of carbonyl (C=O) groups excluding carboxylic acids is 4. The highest BCUT2D eigenvalue weighted by molar-refractivity contribution is 6.00. The van der Waals surface area contributed by atoms with Gasteiger partial charge in [-0.25, -0.2) is 4.79 Å². The molecule has 2 aromatic carbocycles. The summed E-state index contributed by atoms with van der Waals surface area (Å²) in [6.07, 6.45) is 1.45. The molecule has 0 radical (unpaired) electrons. The summed E-state index contributed by atoms with van der Waals surface area (Å²) in [7, 11) is 1.30. The molecule has 0 aliphatic carbocycles. The monoisotopic (exact) mass is 466 g/mol. The molecule has 178 valence electrons. The number of nitrogens with zero attached hydrogens (tertiary/aromatic N) is 1. The minimum Gasteiger partial charge on any atom is -0.486 e. The maximum Gasteiger partial charge on any atom is 0.337 e. The van der Waals surface area contributed by atoms with Gasteiger partial charge in [0.1, 0.15) is 17.1 Å². The molecule has 0 saturated carbocycles. The summed E-state index contributed by atoms with van der Waals surface area (Å²) in [5.74, 6) is 0.0156. The van der Waals surface area contributed by atoms with Gasteiger partial charge in [-0.1, -0.05) is 0 Å². The lowest BCUT2D eigenvalue weighted by Gasteiger charge is -2.43. The van der Waals surface area contributed by atoms with Gasteiger partial charge in [-0.3, -0.25) is 14.4 Å². The van der Waals surface area contributed by atoms with Crippen molar-refractivity contribution in [2.24, 2.45) is 0 Å². The van der Waals surface area contributed by atoms with Crippen LogP contribution in [0.3, 0.4) is 0 Å². The molecule has 2 amide bonds. The van der Waals surface area contributed by atoms with Gasteiger partial charge in [-0.05, 0) is 36.4 Å². The van der Waals surface area contributed by atoms with E-state index in [1.807, 2.05) is 0 Å². The van der Waals surface area contributed by atoms with Crippen molar-refractivity contribution in [1.82, 2.24) is 4.90 Å². The van der Waals surface area contributed by atoms with Crippen molar-refractivity contribution >= 4 is 29.3 Å². The number of benzene rings is 2. The third-order valence-corrected chi connectivity index (χ3v) is 6.14. The number of carbonyl (C=O) groups is 4. The van der Waals surface area contributed by atoms with Crippen LogP contribution in [0.4, 0.5) is 5.69 Å². The molecule has 9 nitrogen and oxygen atoms in total. The predicted octanol–water partition coefficient (Wildman–Crippen LogP) is 2.84. The average Bonchev–Trinajstić information content (AvgIpc) is 2.82. The van der Waals surface area contributed by atoms with E-state index in [0.717, 1.165) is 0 Å². The molecule has 2 aromatic rings. The van der Waals surface area contributed by atoms with Gasteiger partial charge in [0, 0.05) is 44.6 Å². The number of methoxy groups -OCH3 is 1. The van der Waals surface area contributed by atoms with E-state index >= 15 is 0 Å². The second-order valence-corrected chi connectivity index (χ2v) is 8.45. The average molecular weight is 466 g/mol. The molecule has 1 fully saturated rings. The van der Waals surface area contributed by atoms with Crippen molar-refractivity contribution in [3.8, 4) is 11.5 Å². The van der Waals surface area contributed by atoms with Gasteiger partial charge in [0.15, 0.2) is 12.4 Å². The Morgan fingerprint density at radius 3 is 2.44 bits per heavy atom. The van der Waals surface area contributed by atoms with Crippen molar-refractivity contribution in [3.05, 3.63) is 53.6 Å². The van der Waals surface area contributed by atoms with Crippen LogP contribution < -0.4 is 14.8 Å². The number of ketones is 1. The molecule has 2 aliphatic rings. The highest BCUT2D eigenvalue weighted by atomic mass is 16.5. The third-order valence-electron chi connectivity index (χ3n) is 6.14. The zero-order chi connectivity index (χ0) is 24.3. The molecule has 0 aromatic heterocycles. The minimum atomic E-state index is -0.623. The van der Waals surface area contributed by atoms with Gasteiger partial charge in [0.25, 0.3) is 5.91 Å². The van der Waals surface area contributed by atoms with E-state index in [1.165, 1.54) is 14.0 Å². The molecular weight excluding hydrogens is 440 g/mol. The summed E-state index contributed by atoms with van der Waals surface area (Å²) < 4.78 is 16.5. The smallest absolute Gasteiger partial charge is 0.337 e. The Labute approximate surface area is 197 Å². The summed E-state index contributed by atoms with van der Waals surface area (Å²) in [5, 5.41) is 2.69. The fourth-order valence-electron chi connectivity index (χ4n) is 4.23. The molecule has 4 rings (SSSR count). The zero-order valence-electron chi connectivity index (χ0n) is 19.1. The van der Waals surface area contributed by atoms with Gasteiger partial charge >= 0.3 is 5.97 Å². The van der Waals surface area contributed by atoms with Crippen LogP contribution in [-0.2, 0) is 14.3 Å². The fourth-order valence-corrected chi connectivity index (χ4v) is 4.23. The van der Waals surface area contributed by atoms with E-state index in [9.17, 15) is 19.2 Å². The number of esters is 1. The van der Waals surface area contributed by atoms with Crippen molar-refractivity contribution < 1.29 is 33.4 Å². The molecule has 2 aliphatic heterocycles. The van der Waals surface area contributed by atoms with Gasteiger partial charge in [0.05, 0.1) is 24.7 Å². The van der Waals surface area contributed by atoms with E-state index in [0.29, 0.717) is 54.2 Å². The third kappa shape index (κ3) is 5.03. The maximum absolute atomic E-state index is 12.7. The second kappa shape index (κ2) is 9.54. The minimum absolute atomic E-state index is 0.00257. The van der Waals surface area contributed by atoms with Crippen molar-refractivity contribution in [2.75, 3.05) is 32.1 Å². The Morgan fingerprint density at radius 2 is 1.79 bits per heavy atom. The predicted molar refractivity (Wildman–Crippen MR) is 122 cm³/mol. The van der Waals surface area contributed by atoms with Crippen molar-refractivity contribution in [3.63, 3.8) is 0 Å². The lowest BCUT2D eigenvalue weighted by Crippen LogP contribution is -2.51. The number of nitrogens with one attached hydrogen (secondary N) is 1. The number of likely N-dealkylation sites (tertiary alicyclic amines) is 1. The molecule has 0 unspecified atom stereocenters. The van der Waals surface area contributed by atoms with Gasteiger partial charge < -0.3 is 24.4 Å². The number of Topliss-reactive ketones (excluding diaryl/α,β-unsaturated/α-hetero) is 1. The molecule has 0 atom stereocenters. The molecule has 9 heteroatoms. The molecule has 2 heterocycles. The zero-order valence-corrected chi connectivity index (χ0v) is 19.1. The van der Waals surface area contributed by atoms with Crippen molar-refractivity contribution in [1.29, 1.82) is 0 Å². The summed E-state index contributed by atoms with van der Waals surface area (Å²) in [5.41, 5.74) is 0.759. The number of fused-ring (bicyclic) bond motifs is 1. The van der Waals surface area contributed by atoms with Crippen LogP contribution in [-0.4, -0.2) is 60.9 Å². The van der Waals surface area contributed by atoms with Gasteiger partial charge in [-0.2, -0.15) is 0 Å². The first-order valence-corrected chi connectivity index (χ1v) is 11.0. The Kier molecular flexibility index (Phi) is 6.54. The Morgan fingerprint density at radius 1 is 1.09 bits per heavy atom. The Bertz CT molecular complexity index is 1120. The maximum atomic E-state index is 12.7. The molecule has 1 spiro atoms. The lowest BCUT2D eigenvalue weighted by atomic mass is 9.82. The SMILES string of the molecule is COC(=O)c1ccc(NC(=O)COc2ccc3c(c2)OC2(CCN(C(C)=O)CC2)CC3=O)cc1. The topological polar surface area (TPSA) is 111 Å². The van der Waals surface area contributed by atoms with Gasteiger partial charge in [-0.15, -0.1) is 0 Å². The van der Waals surface area contributed by atoms with E-state index in [1.54, 1.807) is 47.4 Å². The molecule has 34 heavy (non-hydrogen) atoms. The van der Waals surface area contributed by atoms with E-state index < -0.39 is 11.6 Å². The van der Waals surface area contributed by atoms with Crippen LogP contribution in [0.5, 0.6) is 11.5 Å². The summed E-state index contributed by atoms with van der Waals surface area (Å²) >= 11 is 0. The second-order valence-electron chi connectivity index (χ2n) is 8.45.